The smallest absolute Gasteiger partial charge is 0.0549 e. The SMILES string of the molecule is Clc1ccc(NCc2cc(-c3cccs3)cs2)cc1Br. The summed E-state index contributed by atoms with van der Waals surface area (Å²) in [5.74, 6) is 0. The maximum absolute atomic E-state index is 5.99. The predicted octanol–water partition coefficient (Wildman–Crippen LogP) is 6.50. The van der Waals surface area contributed by atoms with E-state index in [2.05, 4.69) is 50.2 Å². The van der Waals surface area contributed by atoms with Crippen molar-refractivity contribution in [1.29, 1.82) is 0 Å². The largest absolute Gasteiger partial charge is 0.380 e. The molecule has 0 saturated heterocycles. The fourth-order valence-electron chi connectivity index (χ4n) is 1.84. The number of hydrogen-bond donors (Lipinski definition) is 1. The van der Waals surface area contributed by atoms with Crippen LogP contribution in [-0.2, 0) is 6.54 Å². The number of nitrogens with one attached hydrogen (secondary N) is 1. The molecule has 0 bridgehead atoms. The quantitative estimate of drug-likeness (QED) is 0.541. The van der Waals surface area contributed by atoms with Crippen molar-refractivity contribution < 1.29 is 0 Å². The highest BCUT2D eigenvalue weighted by atomic mass is 79.9. The van der Waals surface area contributed by atoms with Gasteiger partial charge in [-0.3, -0.25) is 0 Å². The first-order chi connectivity index (χ1) is 9.72. The average Bonchev–Trinajstić information content (AvgIpc) is 3.09. The van der Waals surface area contributed by atoms with Crippen LogP contribution in [0.3, 0.4) is 0 Å². The second-order valence-corrected chi connectivity index (χ2v) is 7.47. The molecule has 0 saturated carbocycles. The van der Waals surface area contributed by atoms with E-state index in [1.165, 1.54) is 15.3 Å². The molecule has 0 aliphatic heterocycles. The highest BCUT2D eigenvalue weighted by Gasteiger charge is 2.04. The number of benzene rings is 1. The Morgan fingerprint density at radius 2 is 2.05 bits per heavy atom. The highest BCUT2D eigenvalue weighted by molar-refractivity contribution is 9.10. The molecular formula is C15H11BrClNS2. The van der Waals surface area contributed by atoms with Crippen LogP contribution in [0.5, 0.6) is 0 Å². The van der Waals surface area contributed by atoms with Crippen molar-refractivity contribution in [2.75, 3.05) is 5.32 Å². The lowest BCUT2D eigenvalue weighted by Crippen LogP contribution is -1.96. The van der Waals surface area contributed by atoms with E-state index in [4.69, 9.17) is 11.6 Å². The first-order valence-electron chi connectivity index (χ1n) is 6.02. The molecule has 0 spiro atoms. The van der Waals surface area contributed by atoms with E-state index in [1.54, 1.807) is 22.7 Å². The Balaban J connectivity index is 1.68. The zero-order chi connectivity index (χ0) is 13.9. The molecule has 0 amide bonds. The standard InChI is InChI=1S/C15H11BrClNS2/c16-13-7-11(3-4-14(13)17)18-8-12-6-10(9-20-12)15-2-1-5-19-15/h1-7,9,18H,8H2. The van der Waals surface area contributed by atoms with Gasteiger partial charge in [-0.05, 0) is 57.0 Å². The van der Waals surface area contributed by atoms with Gasteiger partial charge in [-0.25, -0.2) is 0 Å². The van der Waals surface area contributed by atoms with E-state index < -0.39 is 0 Å². The highest BCUT2D eigenvalue weighted by Crippen LogP contribution is 2.30. The number of hydrogen-bond acceptors (Lipinski definition) is 3. The number of thiophene rings is 2. The molecule has 2 aromatic heterocycles. The Bertz CT molecular complexity index is 706. The molecule has 102 valence electrons. The van der Waals surface area contributed by atoms with Crippen LogP contribution < -0.4 is 5.32 Å². The van der Waals surface area contributed by atoms with Gasteiger partial charge in [0.2, 0.25) is 0 Å². The number of anilines is 1. The van der Waals surface area contributed by atoms with Gasteiger partial charge in [0.1, 0.15) is 0 Å². The van der Waals surface area contributed by atoms with E-state index in [1.807, 2.05) is 18.2 Å². The molecule has 0 aliphatic rings. The lowest BCUT2D eigenvalue weighted by molar-refractivity contribution is 1.19. The molecule has 5 heteroatoms. The van der Waals surface area contributed by atoms with E-state index >= 15 is 0 Å². The monoisotopic (exact) mass is 383 g/mol. The van der Waals surface area contributed by atoms with Crippen molar-refractivity contribution in [3.05, 3.63) is 61.5 Å². The Hall–Kier alpha value is -0.810. The Kier molecular flexibility index (Phi) is 4.46. The summed E-state index contributed by atoms with van der Waals surface area (Å²) in [5, 5.41) is 8.46. The van der Waals surface area contributed by atoms with Gasteiger partial charge < -0.3 is 5.32 Å². The summed E-state index contributed by atoms with van der Waals surface area (Å²) in [4.78, 5) is 2.64. The fourth-order valence-corrected chi connectivity index (χ4v) is 3.95. The summed E-state index contributed by atoms with van der Waals surface area (Å²) in [6, 6.07) is 12.4. The van der Waals surface area contributed by atoms with Gasteiger partial charge in [0.25, 0.3) is 0 Å². The molecule has 3 aromatic rings. The first-order valence-corrected chi connectivity index (χ1v) is 8.95. The van der Waals surface area contributed by atoms with Crippen LogP contribution in [-0.4, -0.2) is 0 Å². The summed E-state index contributed by atoms with van der Waals surface area (Å²) in [5.41, 5.74) is 2.37. The molecule has 0 aliphatic carbocycles. The summed E-state index contributed by atoms with van der Waals surface area (Å²) in [6.45, 7) is 0.824. The zero-order valence-corrected chi connectivity index (χ0v) is 14.4. The van der Waals surface area contributed by atoms with Crippen molar-refractivity contribution in [1.82, 2.24) is 0 Å². The van der Waals surface area contributed by atoms with Crippen molar-refractivity contribution >= 4 is 55.9 Å². The predicted molar refractivity (Wildman–Crippen MR) is 94.1 cm³/mol. The van der Waals surface area contributed by atoms with Crippen LogP contribution in [0.15, 0.2) is 51.6 Å². The number of rotatable bonds is 4. The third-order valence-corrected chi connectivity index (χ3v) is 5.92. The van der Waals surface area contributed by atoms with Crippen molar-refractivity contribution in [2.45, 2.75) is 6.54 Å². The maximum Gasteiger partial charge on any atom is 0.0549 e. The molecule has 0 fully saturated rings. The van der Waals surface area contributed by atoms with E-state index in [0.29, 0.717) is 0 Å². The topological polar surface area (TPSA) is 12.0 Å². The lowest BCUT2D eigenvalue weighted by atomic mass is 10.2. The van der Waals surface area contributed by atoms with Gasteiger partial charge in [-0.15, -0.1) is 22.7 Å². The van der Waals surface area contributed by atoms with Crippen LogP contribution in [0.2, 0.25) is 5.02 Å². The third-order valence-electron chi connectivity index (χ3n) is 2.85. The van der Waals surface area contributed by atoms with E-state index in [-0.39, 0.29) is 0 Å². The molecule has 2 heterocycles. The molecule has 3 rings (SSSR count). The fraction of sp³-hybridized carbons (Fsp3) is 0.0667. The van der Waals surface area contributed by atoms with Crippen LogP contribution in [0.25, 0.3) is 10.4 Å². The van der Waals surface area contributed by atoms with Gasteiger partial charge in [-0.2, -0.15) is 0 Å². The van der Waals surface area contributed by atoms with Crippen molar-refractivity contribution in [3.63, 3.8) is 0 Å². The average molecular weight is 385 g/mol. The van der Waals surface area contributed by atoms with Crippen LogP contribution >= 0.6 is 50.2 Å². The Morgan fingerprint density at radius 1 is 1.15 bits per heavy atom. The minimum Gasteiger partial charge on any atom is -0.380 e. The first kappa shape index (κ1) is 14.1. The Labute approximate surface area is 139 Å². The minimum atomic E-state index is 0.728. The van der Waals surface area contributed by atoms with Gasteiger partial charge in [0.05, 0.1) is 5.02 Å². The second-order valence-electron chi connectivity index (χ2n) is 4.26. The molecule has 1 nitrogen and oxygen atoms in total. The summed E-state index contributed by atoms with van der Waals surface area (Å²) in [6.07, 6.45) is 0. The minimum absolute atomic E-state index is 0.728. The molecule has 0 unspecified atom stereocenters. The summed E-state index contributed by atoms with van der Waals surface area (Å²) >= 11 is 13.0. The molecule has 1 aromatic carbocycles. The lowest BCUT2D eigenvalue weighted by Gasteiger charge is -2.06. The maximum atomic E-state index is 5.99. The molecule has 1 N–H and O–H groups in total. The third kappa shape index (κ3) is 3.26. The Morgan fingerprint density at radius 3 is 2.80 bits per heavy atom. The molecule has 0 atom stereocenters. The molecule has 0 radical (unpaired) electrons. The zero-order valence-electron chi connectivity index (χ0n) is 10.4. The van der Waals surface area contributed by atoms with Gasteiger partial charge in [0.15, 0.2) is 0 Å². The summed E-state index contributed by atoms with van der Waals surface area (Å²) in [7, 11) is 0. The van der Waals surface area contributed by atoms with Crippen LogP contribution in [0.1, 0.15) is 4.88 Å². The van der Waals surface area contributed by atoms with Crippen molar-refractivity contribution in [2.24, 2.45) is 0 Å². The molecule has 20 heavy (non-hydrogen) atoms. The van der Waals surface area contributed by atoms with Gasteiger partial charge >= 0.3 is 0 Å². The second kappa shape index (κ2) is 6.31. The summed E-state index contributed by atoms with van der Waals surface area (Å²) < 4.78 is 0.912. The van der Waals surface area contributed by atoms with Gasteiger partial charge in [-0.1, -0.05) is 17.7 Å². The molecular weight excluding hydrogens is 374 g/mol. The van der Waals surface area contributed by atoms with Crippen molar-refractivity contribution in [3.8, 4) is 10.4 Å². The normalized spacial score (nSPS) is 10.7. The van der Waals surface area contributed by atoms with E-state index in [0.717, 1.165) is 21.7 Å². The van der Waals surface area contributed by atoms with Crippen LogP contribution in [0, 0.1) is 0 Å². The van der Waals surface area contributed by atoms with E-state index in [9.17, 15) is 0 Å². The number of halogens is 2. The van der Waals surface area contributed by atoms with Gasteiger partial charge in [0, 0.05) is 32.0 Å². The van der Waals surface area contributed by atoms with Crippen LogP contribution in [0.4, 0.5) is 5.69 Å².